The first-order valence-electron chi connectivity index (χ1n) is 6.81. The van der Waals surface area contributed by atoms with Gasteiger partial charge in [0, 0.05) is 19.3 Å². The molecule has 0 aliphatic heterocycles. The van der Waals surface area contributed by atoms with Crippen LogP contribution in [0.25, 0.3) is 11.0 Å². The van der Waals surface area contributed by atoms with Crippen LogP contribution in [0.2, 0.25) is 0 Å². The van der Waals surface area contributed by atoms with Gasteiger partial charge < -0.3 is 9.47 Å². The van der Waals surface area contributed by atoms with Crippen LogP contribution in [0.4, 0.5) is 0 Å². The van der Waals surface area contributed by atoms with Crippen LogP contribution in [-0.2, 0) is 22.3 Å². The number of nitrogens with zero attached hydrogens (tertiary/aromatic N) is 3. The standard InChI is InChI=1S/C14H20ClN3O2S/c1-4-17(2)8-9-18-11-6-5-7-12(21(3,19)20)14(11)16-13(18)10-15/h5-7H,4,8-10H2,1-3H3. The van der Waals surface area contributed by atoms with Gasteiger partial charge in [-0.2, -0.15) is 0 Å². The number of aromatic nitrogens is 2. The fourth-order valence-electron chi connectivity index (χ4n) is 2.25. The molecule has 0 unspecified atom stereocenters. The number of likely N-dealkylation sites (N-methyl/N-ethyl adjacent to an activating group) is 1. The van der Waals surface area contributed by atoms with Gasteiger partial charge in [-0.25, -0.2) is 13.4 Å². The Morgan fingerprint density at radius 1 is 1.38 bits per heavy atom. The number of alkyl halides is 1. The van der Waals surface area contributed by atoms with Gasteiger partial charge in [-0.1, -0.05) is 13.0 Å². The molecule has 0 saturated carbocycles. The average molecular weight is 330 g/mol. The molecule has 0 radical (unpaired) electrons. The van der Waals surface area contributed by atoms with Crippen LogP contribution >= 0.6 is 11.6 Å². The number of fused-ring (bicyclic) bond motifs is 1. The van der Waals surface area contributed by atoms with Crippen LogP contribution in [0.3, 0.4) is 0 Å². The van der Waals surface area contributed by atoms with Crippen LogP contribution in [0.5, 0.6) is 0 Å². The zero-order chi connectivity index (χ0) is 15.6. The van der Waals surface area contributed by atoms with Crippen molar-refractivity contribution in [2.24, 2.45) is 0 Å². The molecule has 0 spiro atoms. The number of hydrogen-bond donors (Lipinski definition) is 0. The van der Waals surface area contributed by atoms with Gasteiger partial charge in [0.15, 0.2) is 9.84 Å². The molecule has 0 bridgehead atoms. The second-order valence-corrected chi connectivity index (χ2v) is 7.36. The molecule has 21 heavy (non-hydrogen) atoms. The van der Waals surface area contributed by atoms with Gasteiger partial charge in [0.25, 0.3) is 0 Å². The number of imidazole rings is 1. The van der Waals surface area contributed by atoms with Gasteiger partial charge >= 0.3 is 0 Å². The summed E-state index contributed by atoms with van der Waals surface area (Å²) >= 11 is 5.97. The molecule has 2 aromatic rings. The van der Waals surface area contributed by atoms with E-state index >= 15 is 0 Å². The number of hydrogen-bond acceptors (Lipinski definition) is 4. The normalized spacial score (nSPS) is 12.4. The lowest BCUT2D eigenvalue weighted by Crippen LogP contribution is -2.23. The average Bonchev–Trinajstić information content (AvgIpc) is 2.81. The second kappa shape index (κ2) is 6.34. The molecular formula is C14H20ClN3O2S. The zero-order valence-corrected chi connectivity index (χ0v) is 14.1. The molecule has 1 aromatic carbocycles. The Kier molecular flexibility index (Phi) is 4.91. The first kappa shape index (κ1) is 16.3. The molecule has 0 atom stereocenters. The van der Waals surface area contributed by atoms with Gasteiger partial charge in [-0.3, -0.25) is 0 Å². The highest BCUT2D eigenvalue weighted by Crippen LogP contribution is 2.24. The highest BCUT2D eigenvalue weighted by Gasteiger charge is 2.18. The summed E-state index contributed by atoms with van der Waals surface area (Å²) in [7, 11) is -1.26. The number of para-hydroxylation sites is 1. The summed E-state index contributed by atoms with van der Waals surface area (Å²) in [4.78, 5) is 6.88. The molecule has 2 rings (SSSR count). The fourth-order valence-corrected chi connectivity index (χ4v) is 3.28. The summed E-state index contributed by atoms with van der Waals surface area (Å²) in [6.07, 6.45) is 1.20. The van der Waals surface area contributed by atoms with Crippen molar-refractivity contribution in [2.45, 2.75) is 24.2 Å². The maximum Gasteiger partial charge on any atom is 0.177 e. The van der Waals surface area contributed by atoms with E-state index in [0.717, 1.165) is 25.2 Å². The summed E-state index contributed by atoms with van der Waals surface area (Å²) in [5, 5.41) is 0. The summed E-state index contributed by atoms with van der Waals surface area (Å²) < 4.78 is 25.8. The van der Waals surface area contributed by atoms with Crippen molar-refractivity contribution in [1.82, 2.24) is 14.5 Å². The van der Waals surface area contributed by atoms with Crippen molar-refractivity contribution >= 4 is 32.5 Å². The summed E-state index contributed by atoms with van der Waals surface area (Å²) in [6, 6.07) is 5.22. The Morgan fingerprint density at radius 2 is 2.10 bits per heavy atom. The molecule has 1 heterocycles. The molecule has 0 aliphatic carbocycles. The van der Waals surface area contributed by atoms with Crippen molar-refractivity contribution in [1.29, 1.82) is 0 Å². The van der Waals surface area contributed by atoms with E-state index in [0.29, 0.717) is 11.3 Å². The Bertz CT molecular complexity index is 740. The lowest BCUT2D eigenvalue weighted by atomic mass is 10.3. The van der Waals surface area contributed by atoms with E-state index in [4.69, 9.17) is 11.6 Å². The Morgan fingerprint density at radius 3 is 2.67 bits per heavy atom. The number of sulfone groups is 1. The van der Waals surface area contributed by atoms with E-state index in [1.807, 2.05) is 17.7 Å². The largest absolute Gasteiger partial charge is 0.326 e. The molecule has 5 nitrogen and oxygen atoms in total. The van der Waals surface area contributed by atoms with Crippen molar-refractivity contribution in [3.63, 3.8) is 0 Å². The highest BCUT2D eigenvalue weighted by atomic mass is 35.5. The fraction of sp³-hybridized carbons (Fsp3) is 0.500. The van der Waals surface area contributed by atoms with Crippen LogP contribution in [-0.4, -0.2) is 49.3 Å². The minimum absolute atomic E-state index is 0.258. The van der Waals surface area contributed by atoms with Gasteiger partial charge in [0.2, 0.25) is 0 Å². The number of rotatable bonds is 6. The lowest BCUT2D eigenvalue weighted by Gasteiger charge is -2.15. The Hall–Kier alpha value is -1.11. The minimum atomic E-state index is -3.31. The van der Waals surface area contributed by atoms with Crippen LogP contribution < -0.4 is 0 Å². The van der Waals surface area contributed by atoms with E-state index in [1.165, 1.54) is 6.26 Å². The topological polar surface area (TPSA) is 55.2 Å². The van der Waals surface area contributed by atoms with Crippen LogP contribution in [0.1, 0.15) is 12.7 Å². The highest BCUT2D eigenvalue weighted by molar-refractivity contribution is 7.91. The van der Waals surface area contributed by atoms with E-state index in [9.17, 15) is 8.42 Å². The van der Waals surface area contributed by atoms with Crippen molar-refractivity contribution in [2.75, 3.05) is 26.4 Å². The zero-order valence-electron chi connectivity index (χ0n) is 12.5. The molecule has 0 N–H and O–H groups in total. The first-order valence-corrected chi connectivity index (χ1v) is 9.23. The van der Waals surface area contributed by atoms with Crippen LogP contribution in [0.15, 0.2) is 23.1 Å². The Labute approximate surface area is 130 Å². The minimum Gasteiger partial charge on any atom is -0.326 e. The van der Waals surface area contributed by atoms with Gasteiger partial charge in [0.1, 0.15) is 11.3 Å². The Balaban J connectivity index is 2.55. The van der Waals surface area contributed by atoms with E-state index in [1.54, 1.807) is 12.1 Å². The predicted octanol–water partition coefficient (Wildman–Crippen LogP) is 2.13. The maximum absolute atomic E-state index is 11.9. The summed E-state index contributed by atoms with van der Waals surface area (Å²) in [5.41, 5.74) is 1.33. The molecule has 0 aliphatic rings. The summed E-state index contributed by atoms with van der Waals surface area (Å²) in [6.45, 7) is 4.64. The molecule has 7 heteroatoms. The molecular weight excluding hydrogens is 310 g/mol. The second-order valence-electron chi connectivity index (χ2n) is 5.11. The molecule has 0 saturated heterocycles. The maximum atomic E-state index is 11.9. The molecule has 0 amide bonds. The predicted molar refractivity (Wildman–Crippen MR) is 85.6 cm³/mol. The molecule has 0 fully saturated rings. The van der Waals surface area contributed by atoms with Crippen molar-refractivity contribution in [3.05, 3.63) is 24.0 Å². The first-order chi connectivity index (χ1) is 9.88. The molecule has 116 valence electrons. The summed E-state index contributed by atoms with van der Waals surface area (Å²) in [5.74, 6) is 0.959. The third-order valence-corrected chi connectivity index (χ3v) is 4.95. The monoisotopic (exact) mass is 329 g/mol. The van der Waals surface area contributed by atoms with Crippen LogP contribution in [0, 0.1) is 0 Å². The van der Waals surface area contributed by atoms with E-state index in [2.05, 4.69) is 16.8 Å². The van der Waals surface area contributed by atoms with E-state index in [-0.39, 0.29) is 10.8 Å². The van der Waals surface area contributed by atoms with Crippen molar-refractivity contribution < 1.29 is 8.42 Å². The van der Waals surface area contributed by atoms with Gasteiger partial charge in [-0.15, -0.1) is 11.6 Å². The third kappa shape index (κ3) is 3.39. The number of benzene rings is 1. The SMILES string of the molecule is CCN(C)CCn1c(CCl)nc2c(S(C)(=O)=O)cccc21. The van der Waals surface area contributed by atoms with E-state index < -0.39 is 9.84 Å². The number of halogens is 1. The van der Waals surface area contributed by atoms with Gasteiger partial charge in [-0.05, 0) is 25.7 Å². The third-order valence-electron chi connectivity index (χ3n) is 3.59. The smallest absolute Gasteiger partial charge is 0.177 e. The lowest BCUT2D eigenvalue weighted by molar-refractivity contribution is 0.335. The van der Waals surface area contributed by atoms with Crippen molar-refractivity contribution in [3.8, 4) is 0 Å². The quantitative estimate of drug-likeness (QED) is 0.762. The van der Waals surface area contributed by atoms with Gasteiger partial charge in [0.05, 0.1) is 16.3 Å². The molecule has 1 aromatic heterocycles.